The maximum absolute atomic E-state index is 10.1. The Morgan fingerprint density at radius 2 is 0.852 bits per heavy atom. The van der Waals surface area contributed by atoms with Gasteiger partial charge in [0.15, 0.2) is 0 Å². The number of carboxylic acids is 1. The van der Waals surface area contributed by atoms with Crippen molar-refractivity contribution in [3.63, 3.8) is 0 Å². The minimum absolute atomic E-state index is 0.341. The third-order valence-corrected chi connectivity index (χ3v) is 5.46. The van der Waals surface area contributed by atoms with E-state index in [0.29, 0.717) is 6.42 Å². The van der Waals surface area contributed by atoms with E-state index in [0.717, 1.165) is 12.8 Å². The van der Waals surface area contributed by atoms with Gasteiger partial charge in [0.1, 0.15) is 0 Å². The Morgan fingerprint density at radius 3 is 1.15 bits per heavy atom. The lowest BCUT2D eigenvalue weighted by atomic mass is 10.1. The van der Waals surface area contributed by atoms with E-state index in [1.54, 1.807) is 0 Å². The quantitative estimate of drug-likeness (QED) is 0.163. The van der Waals surface area contributed by atoms with Crippen LogP contribution in [0.5, 0.6) is 0 Å². The molecule has 0 amide bonds. The van der Waals surface area contributed by atoms with Gasteiger partial charge in [0.05, 0.1) is 0 Å². The van der Waals surface area contributed by atoms with Crippen LogP contribution >= 0.6 is 9.24 Å². The lowest BCUT2D eigenvalue weighted by molar-refractivity contribution is -0.137. The zero-order chi connectivity index (χ0) is 20.4. The van der Waals surface area contributed by atoms with E-state index in [4.69, 9.17) is 5.11 Å². The lowest BCUT2D eigenvalue weighted by Gasteiger charge is -2.01. The molecule has 0 bridgehead atoms. The van der Waals surface area contributed by atoms with Crippen LogP contribution in [0.1, 0.15) is 142 Å². The van der Waals surface area contributed by atoms with Gasteiger partial charge in [0.25, 0.3) is 0 Å². The molecule has 1 unspecified atom stereocenters. The first kappa shape index (κ1) is 29.1. The fourth-order valence-electron chi connectivity index (χ4n) is 3.22. The number of rotatable bonds is 20. The summed E-state index contributed by atoms with van der Waals surface area (Å²) < 4.78 is 0. The summed E-state index contributed by atoms with van der Waals surface area (Å²) in [5.41, 5.74) is 0. The number of hydrogen-bond acceptors (Lipinski definition) is 1. The standard InChI is InChI=1S/C14H31P.C10H20O2/c1-2-3-4-5-6-7-8-9-10-11-12-13-14-15;1-2-3-4-5-6-7-8-9-10(11)12/h2-15H2,1H3;2-9H2,1H3,(H,11,12). The summed E-state index contributed by atoms with van der Waals surface area (Å²) in [6, 6.07) is 0. The van der Waals surface area contributed by atoms with Gasteiger partial charge < -0.3 is 5.11 Å². The van der Waals surface area contributed by atoms with E-state index < -0.39 is 5.97 Å². The number of carbonyl (C=O) groups is 1. The first-order chi connectivity index (χ1) is 13.2. The Bertz CT molecular complexity index is 257. The van der Waals surface area contributed by atoms with Crippen LogP contribution in [-0.2, 0) is 4.79 Å². The summed E-state index contributed by atoms with van der Waals surface area (Å²) in [6.07, 6.45) is 27.4. The molecular weight excluding hydrogens is 351 g/mol. The smallest absolute Gasteiger partial charge is 0.303 e. The van der Waals surface area contributed by atoms with E-state index in [-0.39, 0.29) is 0 Å². The predicted octanol–water partition coefficient (Wildman–Crippen LogP) is 8.77. The molecule has 0 radical (unpaired) electrons. The monoisotopic (exact) mass is 402 g/mol. The summed E-state index contributed by atoms with van der Waals surface area (Å²) >= 11 is 0. The van der Waals surface area contributed by atoms with Crippen molar-refractivity contribution in [1.29, 1.82) is 0 Å². The fraction of sp³-hybridized carbons (Fsp3) is 0.958. The highest BCUT2D eigenvalue weighted by molar-refractivity contribution is 7.16. The van der Waals surface area contributed by atoms with Crippen LogP contribution in [0.15, 0.2) is 0 Å². The molecule has 0 aromatic heterocycles. The van der Waals surface area contributed by atoms with Crippen molar-refractivity contribution in [2.75, 3.05) is 6.16 Å². The van der Waals surface area contributed by atoms with Crippen LogP contribution in [0.3, 0.4) is 0 Å². The third kappa shape index (κ3) is 33.9. The highest BCUT2D eigenvalue weighted by atomic mass is 31.0. The Balaban J connectivity index is 0. The van der Waals surface area contributed by atoms with Crippen LogP contribution < -0.4 is 0 Å². The molecule has 0 aromatic rings. The summed E-state index contributed by atoms with van der Waals surface area (Å²) in [5.74, 6) is -0.663. The maximum Gasteiger partial charge on any atom is 0.303 e. The highest BCUT2D eigenvalue weighted by Gasteiger charge is 1.95. The van der Waals surface area contributed by atoms with Crippen LogP contribution in [0.25, 0.3) is 0 Å². The molecule has 0 rings (SSSR count). The molecule has 1 atom stereocenters. The van der Waals surface area contributed by atoms with Crippen LogP contribution in [0, 0.1) is 0 Å². The second-order valence-electron chi connectivity index (χ2n) is 7.94. The molecule has 0 saturated heterocycles. The van der Waals surface area contributed by atoms with Gasteiger partial charge in [-0.1, -0.05) is 123 Å². The average molecular weight is 403 g/mol. The number of hydrogen-bond donors (Lipinski definition) is 1. The van der Waals surface area contributed by atoms with Crippen LogP contribution in [0.4, 0.5) is 0 Å². The summed E-state index contributed by atoms with van der Waals surface area (Å²) in [4.78, 5) is 10.1. The maximum atomic E-state index is 10.1. The van der Waals surface area contributed by atoms with Crippen molar-refractivity contribution >= 4 is 15.2 Å². The number of aliphatic carboxylic acids is 1. The van der Waals surface area contributed by atoms with Crippen molar-refractivity contribution in [2.45, 2.75) is 142 Å². The molecule has 1 N–H and O–H groups in total. The van der Waals surface area contributed by atoms with E-state index >= 15 is 0 Å². The van der Waals surface area contributed by atoms with Gasteiger partial charge in [0.2, 0.25) is 0 Å². The predicted molar refractivity (Wildman–Crippen MR) is 126 cm³/mol. The largest absolute Gasteiger partial charge is 0.481 e. The number of carboxylic acid groups (broad SMARTS) is 1. The van der Waals surface area contributed by atoms with Gasteiger partial charge in [-0.15, -0.1) is 9.24 Å². The van der Waals surface area contributed by atoms with Gasteiger partial charge in [-0.05, 0) is 19.0 Å². The van der Waals surface area contributed by atoms with E-state index in [2.05, 4.69) is 23.1 Å². The van der Waals surface area contributed by atoms with Crippen LogP contribution in [-0.4, -0.2) is 17.2 Å². The van der Waals surface area contributed by atoms with E-state index in [9.17, 15) is 4.79 Å². The molecule has 0 aliphatic heterocycles. The summed E-state index contributed by atoms with van der Waals surface area (Å²) in [6.45, 7) is 4.49. The molecule has 0 aliphatic rings. The zero-order valence-corrected chi connectivity index (χ0v) is 19.9. The van der Waals surface area contributed by atoms with E-state index in [1.807, 2.05) is 0 Å². The molecule has 0 spiro atoms. The molecule has 3 heteroatoms. The molecule has 0 saturated carbocycles. The van der Waals surface area contributed by atoms with Gasteiger partial charge in [-0.2, -0.15) is 0 Å². The first-order valence-electron chi connectivity index (χ1n) is 12.1. The molecular formula is C24H51O2P. The minimum atomic E-state index is -0.663. The van der Waals surface area contributed by atoms with Crippen molar-refractivity contribution in [3.05, 3.63) is 0 Å². The molecule has 27 heavy (non-hydrogen) atoms. The SMILES string of the molecule is CCCCCCCCCC(=O)O.CCCCCCCCCCCCCCP. The Kier molecular flexibility index (Phi) is 30.3. The Morgan fingerprint density at radius 1 is 0.556 bits per heavy atom. The molecule has 0 fully saturated rings. The molecule has 0 heterocycles. The van der Waals surface area contributed by atoms with Crippen molar-refractivity contribution in [1.82, 2.24) is 0 Å². The zero-order valence-electron chi connectivity index (χ0n) is 18.8. The van der Waals surface area contributed by atoms with Gasteiger partial charge >= 0.3 is 5.97 Å². The van der Waals surface area contributed by atoms with Gasteiger partial charge in [-0.25, -0.2) is 0 Å². The average Bonchev–Trinajstić information content (AvgIpc) is 2.66. The topological polar surface area (TPSA) is 37.3 Å². The van der Waals surface area contributed by atoms with Gasteiger partial charge in [-0.3, -0.25) is 4.79 Å². The molecule has 2 nitrogen and oxygen atoms in total. The van der Waals surface area contributed by atoms with Crippen molar-refractivity contribution < 1.29 is 9.90 Å². The molecule has 0 aromatic carbocycles. The van der Waals surface area contributed by atoms with E-state index in [1.165, 1.54) is 115 Å². The highest BCUT2D eigenvalue weighted by Crippen LogP contribution is 2.12. The van der Waals surface area contributed by atoms with Crippen molar-refractivity contribution in [3.8, 4) is 0 Å². The normalized spacial score (nSPS) is 10.5. The summed E-state index contributed by atoms with van der Waals surface area (Å²) in [7, 11) is 2.81. The van der Waals surface area contributed by atoms with Crippen LogP contribution in [0.2, 0.25) is 0 Å². The molecule has 0 aliphatic carbocycles. The Hall–Kier alpha value is -0.100. The second-order valence-corrected chi connectivity index (χ2v) is 8.52. The fourth-order valence-corrected chi connectivity index (χ4v) is 3.51. The van der Waals surface area contributed by atoms with Gasteiger partial charge in [0, 0.05) is 6.42 Å². The lowest BCUT2D eigenvalue weighted by Crippen LogP contribution is -1.93. The molecule has 164 valence electrons. The first-order valence-corrected chi connectivity index (χ1v) is 12.9. The van der Waals surface area contributed by atoms with Crippen molar-refractivity contribution in [2.24, 2.45) is 0 Å². The second kappa shape index (κ2) is 28.1. The summed E-state index contributed by atoms with van der Waals surface area (Å²) in [5, 5.41) is 8.35. The minimum Gasteiger partial charge on any atom is -0.481 e. The Labute approximate surface area is 173 Å². The number of unbranched alkanes of at least 4 members (excludes halogenated alkanes) is 17. The third-order valence-electron chi connectivity index (χ3n) is 5.05.